The number of nitro benzene ring substituents is 1. The molecule has 8 heteroatoms. The first-order chi connectivity index (χ1) is 11.2. The summed E-state index contributed by atoms with van der Waals surface area (Å²) in [6.45, 7) is 6.91. The summed E-state index contributed by atoms with van der Waals surface area (Å²) >= 11 is 0. The number of sulfonamides is 1. The highest BCUT2D eigenvalue weighted by atomic mass is 32.2. The van der Waals surface area contributed by atoms with Crippen molar-refractivity contribution in [2.75, 3.05) is 18.4 Å². The summed E-state index contributed by atoms with van der Waals surface area (Å²) in [5.41, 5.74) is 0.138. The van der Waals surface area contributed by atoms with Gasteiger partial charge in [0.05, 0.1) is 9.82 Å². The molecule has 7 nitrogen and oxygen atoms in total. The molecule has 1 heterocycles. The lowest BCUT2D eigenvalue weighted by molar-refractivity contribution is -0.384. The van der Waals surface area contributed by atoms with Crippen LogP contribution in [0.3, 0.4) is 0 Å². The molecule has 0 amide bonds. The second-order valence-corrected chi connectivity index (χ2v) is 8.52. The van der Waals surface area contributed by atoms with Crippen LogP contribution in [-0.2, 0) is 10.0 Å². The van der Waals surface area contributed by atoms with Crippen molar-refractivity contribution in [1.82, 2.24) is 4.31 Å². The van der Waals surface area contributed by atoms with Gasteiger partial charge in [-0.1, -0.05) is 20.3 Å². The fourth-order valence-electron chi connectivity index (χ4n) is 2.61. The molecule has 1 saturated heterocycles. The predicted molar refractivity (Wildman–Crippen MR) is 93.6 cm³/mol. The number of benzene rings is 1. The SMILES string of the molecule is CC(C)[C@H](C)Nc1ccc(S(=O)(=O)N2CCCCC2)cc1[N+](=O)[O-]. The average Bonchev–Trinajstić information content (AvgIpc) is 2.55. The number of hydrogen-bond acceptors (Lipinski definition) is 5. The third kappa shape index (κ3) is 4.05. The minimum Gasteiger partial charge on any atom is -0.377 e. The zero-order valence-electron chi connectivity index (χ0n) is 14.4. The maximum Gasteiger partial charge on any atom is 0.293 e. The number of nitrogens with zero attached hydrogens (tertiary/aromatic N) is 2. The molecule has 0 saturated carbocycles. The van der Waals surface area contributed by atoms with Crippen LogP contribution < -0.4 is 5.32 Å². The molecule has 0 spiro atoms. The Bertz CT molecular complexity index is 697. The molecule has 0 bridgehead atoms. The number of nitro groups is 1. The Morgan fingerprint density at radius 2 is 1.79 bits per heavy atom. The number of nitrogens with one attached hydrogen (secondary N) is 1. The highest BCUT2D eigenvalue weighted by Gasteiger charge is 2.28. The van der Waals surface area contributed by atoms with Crippen molar-refractivity contribution in [2.45, 2.75) is 51.0 Å². The van der Waals surface area contributed by atoms with Crippen LogP contribution in [0, 0.1) is 16.0 Å². The fraction of sp³-hybridized carbons (Fsp3) is 0.625. The molecule has 1 aliphatic rings. The van der Waals surface area contributed by atoms with E-state index < -0.39 is 14.9 Å². The van der Waals surface area contributed by atoms with E-state index in [0.717, 1.165) is 19.3 Å². The van der Waals surface area contributed by atoms with Crippen LogP contribution in [0.2, 0.25) is 0 Å². The Balaban J connectivity index is 2.36. The van der Waals surface area contributed by atoms with E-state index in [1.165, 1.54) is 22.5 Å². The van der Waals surface area contributed by atoms with Gasteiger partial charge in [0.15, 0.2) is 0 Å². The second kappa shape index (κ2) is 7.48. The summed E-state index contributed by atoms with van der Waals surface area (Å²) in [5.74, 6) is 0.293. The first-order valence-electron chi connectivity index (χ1n) is 8.28. The van der Waals surface area contributed by atoms with E-state index in [0.29, 0.717) is 24.7 Å². The molecule has 24 heavy (non-hydrogen) atoms. The summed E-state index contributed by atoms with van der Waals surface area (Å²) < 4.78 is 26.8. The molecule has 1 aromatic rings. The van der Waals surface area contributed by atoms with E-state index in [4.69, 9.17) is 0 Å². The lowest BCUT2D eigenvalue weighted by Gasteiger charge is -2.26. The molecule has 0 aromatic heterocycles. The maximum atomic E-state index is 12.7. The third-order valence-corrected chi connectivity index (χ3v) is 6.40. The van der Waals surface area contributed by atoms with Gasteiger partial charge in [0, 0.05) is 25.2 Å². The van der Waals surface area contributed by atoms with E-state index in [9.17, 15) is 18.5 Å². The maximum absolute atomic E-state index is 12.7. The van der Waals surface area contributed by atoms with E-state index >= 15 is 0 Å². The Morgan fingerprint density at radius 1 is 1.17 bits per heavy atom. The predicted octanol–water partition coefficient (Wildman–Crippen LogP) is 3.23. The molecule has 1 aliphatic heterocycles. The minimum absolute atomic E-state index is 0.0150. The van der Waals surface area contributed by atoms with Gasteiger partial charge >= 0.3 is 0 Å². The zero-order chi connectivity index (χ0) is 17.9. The molecular formula is C16H25N3O4S. The molecule has 134 valence electrons. The third-order valence-electron chi connectivity index (χ3n) is 4.50. The topological polar surface area (TPSA) is 92.6 Å². The van der Waals surface area contributed by atoms with Gasteiger partial charge < -0.3 is 5.32 Å². The number of piperidine rings is 1. The van der Waals surface area contributed by atoms with Gasteiger partial charge in [-0.25, -0.2) is 8.42 Å². The second-order valence-electron chi connectivity index (χ2n) is 6.58. The fourth-order valence-corrected chi connectivity index (χ4v) is 4.15. The van der Waals surface area contributed by atoms with Crippen molar-refractivity contribution < 1.29 is 13.3 Å². The molecule has 0 radical (unpaired) electrons. The van der Waals surface area contributed by atoms with Gasteiger partial charge in [0.2, 0.25) is 10.0 Å². The van der Waals surface area contributed by atoms with Gasteiger partial charge in [-0.2, -0.15) is 4.31 Å². The van der Waals surface area contributed by atoms with Crippen LogP contribution in [0.4, 0.5) is 11.4 Å². The Labute approximate surface area is 143 Å². The van der Waals surface area contributed by atoms with Crippen molar-refractivity contribution in [3.8, 4) is 0 Å². The molecular weight excluding hydrogens is 330 g/mol. The van der Waals surface area contributed by atoms with Gasteiger partial charge in [-0.05, 0) is 37.8 Å². The average molecular weight is 355 g/mol. The van der Waals surface area contributed by atoms with Gasteiger partial charge in [0.25, 0.3) is 5.69 Å². The molecule has 0 aliphatic carbocycles. The highest BCUT2D eigenvalue weighted by Crippen LogP contribution is 2.31. The van der Waals surface area contributed by atoms with E-state index in [2.05, 4.69) is 5.32 Å². The summed E-state index contributed by atoms with van der Waals surface area (Å²) in [7, 11) is -3.68. The minimum atomic E-state index is -3.68. The van der Waals surface area contributed by atoms with Gasteiger partial charge in [-0.3, -0.25) is 10.1 Å². The van der Waals surface area contributed by atoms with Crippen molar-refractivity contribution in [1.29, 1.82) is 0 Å². The van der Waals surface area contributed by atoms with Crippen molar-refractivity contribution in [3.63, 3.8) is 0 Å². The quantitative estimate of drug-likeness (QED) is 0.625. The molecule has 1 fully saturated rings. The standard InChI is InChI=1S/C16H25N3O4S/c1-12(2)13(3)17-15-8-7-14(11-16(15)19(20)21)24(22,23)18-9-5-4-6-10-18/h7-8,11-13,17H,4-6,9-10H2,1-3H3/t13-/m0/s1. The van der Waals surface area contributed by atoms with Crippen LogP contribution in [0.5, 0.6) is 0 Å². The molecule has 1 N–H and O–H groups in total. The summed E-state index contributed by atoms with van der Waals surface area (Å²) in [6, 6.07) is 4.15. The smallest absolute Gasteiger partial charge is 0.293 e. The Morgan fingerprint density at radius 3 is 2.33 bits per heavy atom. The number of rotatable bonds is 6. The summed E-state index contributed by atoms with van der Waals surface area (Å²) in [6.07, 6.45) is 2.67. The van der Waals surface area contributed by atoms with Crippen molar-refractivity contribution >= 4 is 21.4 Å². The molecule has 2 rings (SSSR count). The van der Waals surface area contributed by atoms with Crippen molar-refractivity contribution in [2.24, 2.45) is 5.92 Å². The normalized spacial score (nSPS) is 17.7. The largest absolute Gasteiger partial charge is 0.377 e. The molecule has 1 atom stereocenters. The van der Waals surface area contributed by atoms with Crippen LogP contribution in [0.25, 0.3) is 0 Å². The van der Waals surface area contributed by atoms with E-state index in [1.54, 1.807) is 0 Å². The Hall–Kier alpha value is -1.67. The van der Waals surface area contributed by atoms with Gasteiger partial charge in [0.1, 0.15) is 5.69 Å². The zero-order valence-corrected chi connectivity index (χ0v) is 15.2. The number of hydrogen-bond donors (Lipinski definition) is 1. The Kier molecular flexibility index (Phi) is 5.82. The summed E-state index contributed by atoms with van der Waals surface area (Å²) in [4.78, 5) is 10.8. The lowest BCUT2D eigenvalue weighted by atomic mass is 10.1. The summed E-state index contributed by atoms with van der Waals surface area (Å²) in [5, 5.41) is 14.5. The van der Waals surface area contributed by atoms with E-state index in [-0.39, 0.29) is 16.6 Å². The van der Waals surface area contributed by atoms with Crippen LogP contribution in [0.15, 0.2) is 23.1 Å². The van der Waals surface area contributed by atoms with Crippen LogP contribution >= 0.6 is 0 Å². The highest BCUT2D eigenvalue weighted by molar-refractivity contribution is 7.89. The molecule has 1 aromatic carbocycles. The number of anilines is 1. The van der Waals surface area contributed by atoms with Crippen LogP contribution in [-0.4, -0.2) is 36.8 Å². The van der Waals surface area contributed by atoms with Crippen LogP contribution in [0.1, 0.15) is 40.0 Å². The molecule has 0 unspecified atom stereocenters. The monoisotopic (exact) mass is 355 g/mol. The first kappa shape index (κ1) is 18.7. The van der Waals surface area contributed by atoms with E-state index in [1.807, 2.05) is 20.8 Å². The van der Waals surface area contributed by atoms with Crippen molar-refractivity contribution in [3.05, 3.63) is 28.3 Å². The lowest BCUT2D eigenvalue weighted by Crippen LogP contribution is -2.35. The van der Waals surface area contributed by atoms with Gasteiger partial charge in [-0.15, -0.1) is 0 Å². The first-order valence-corrected chi connectivity index (χ1v) is 9.72.